The Morgan fingerprint density at radius 2 is 1.95 bits per heavy atom. The van der Waals surface area contributed by atoms with Crippen molar-refractivity contribution in [2.45, 2.75) is 44.8 Å². The van der Waals surface area contributed by atoms with Crippen LogP contribution in [0.5, 0.6) is 0 Å². The lowest BCUT2D eigenvalue weighted by atomic mass is 9.96. The van der Waals surface area contributed by atoms with E-state index in [-0.39, 0.29) is 12.7 Å². The van der Waals surface area contributed by atoms with Crippen LogP contribution in [0.3, 0.4) is 0 Å². The van der Waals surface area contributed by atoms with Crippen molar-refractivity contribution >= 4 is 10.0 Å². The molecule has 0 unspecified atom stereocenters. The summed E-state index contributed by atoms with van der Waals surface area (Å²) in [6, 6.07) is 1.14. The maximum atomic E-state index is 12.0. The minimum atomic E-state index is -3.41. The van der Waals surface area contributed by atoms with Gasteiger partial charge in [-0.1, -0.05) is 19.3 Å². The lowest BCUT2D eigenvalue weighted by Crippen LogP contribution is -2.44. The zero-order chi connectivity index (χ0) is 14.8. The summed E-state index contributed by atoms with van der Waals surface area (Å²) in [5, 5.41) is 0. The average molecular weight is 301 g/mol. The number of hydrogen-bond donors (Lipinski definition) is 1. The van der Waals surface area contributed by atoms with Gasteiger partial charge in [0.1, 0.15) is 0 Å². The largest absolute Gasteiger partial charge is 0.329 e. The molecule has 7 nitrogen and oxygen atoms in total. The van der Waals surface area contributed by atoms with E-state index < -0.39 is 21.3 Å². The molecule has 1 aromatic rings. The Kier molecular flexibility index (Phi) is 4.44. The molecule has 0 amide bonds. The van der Waals surface area contributed by atoms with Crippen LogP contribution in [-0.2, 0) is 16.7 Å². The third-order valence-corrected chi connectivity index (χ3v) is 4.86. The lowest BCUT2D eigenvalue weighted by molar-refractivity contribution is 0.215. The summed E-state index contributed by atoms with van der Waals surface area (Å²) in [6.07, 6.45) is 7.21. The van der Waals surface area contributed by atoms with E-state index in [1.807, 2.05) is 0 Å². The third kappa shape index (κ3) is 3.57. The van der Waals surface area contributed by atoms with Gasteiger partial charge in [-0.3, -0.25) is 14.3 Å². The first-order valence-corrected chi connectivity index (χ1v) is 8.49. The molecular weight excluding hydrogens is 282 g/mol. The third-order valence-electron chi connectivity index (χ3n) is 3.60. The zero-order valence-corrected chi connectivity index (χ0v) is 12.2. The Morgan fingerprint density at radius 3 is 2.50 bits per heavy atom. The fourth-order valence-corrected chi connectivity index (χ4v) is 3.65. The Labute approximate surface area is 117 Å². The minimum Gasteiger partial charge on any atom is -0.286 e. The first-order valence-electron chi connectivity index (χ1n) is 6.64. The highest BCUT2D eigenvalue weighted by molar-refractivity contribution is 7.88. The van der Waals surface area contributed by atoms with Crippen LogP contribution in [0, 0.1) is 0 Å². The molecule has 1 aliphatic rings. The Hall–Kier alpha value is -1.41. The van der Waals surface area contributed by atoms with E-state index in [0.29, 0.717) is 0 Å². The molecule has 0 aliphatic heterocycles. The van der Waals surface area contributed by atoms with E-state index in [0.717, 1.165) is 38.4 Å². The normalized spacial score (nSPS) is 17.5. The van der Waals surface area contributed by atoms with E-state index in [4.69, 9.17) is 0 Å². The van der Waals surface area contributed by atoms with Gasteiger partial charge in [0.15, 0.2) is 0 Å². The van der Waals surface area contributed by atoms with Crippen LogP contribution >= 0.6 is 0 Å². The first kappa shape index (κ1) is 15.0. The molecule has 8 heteroatoms. The quantitative estimate of drug-likeness (QED) is 0.853. The summed E-state index contributed by atoms with van der Waals surface area (Å²) in [7, 11) is -3.41. The van der Waals surface area contributed by atoms with Crippen LogP contribution in [0.15, 0.2) is 21.9 Å². The van der Waals surface area contributed by atoms with Crippen LogP contribution in [0.4, 0.5) is 0 Å². The lowest BCUT2D eigenvalue weighted by Gasteiger charge is -2.32. The van der Waals surface area contributed by atoms with Crippen molar-refractivity contribution in [3.63, 3.8) is 0 Å². The fraction of sp³-hybridized carbons (Fsp3) is 0.667. The SMILES string of the molecule is CS(=O)(=O)N(Cn1ccc(=O)[nH]c1=O)C1CCCCC1. The van der Waals surface area contributed by atoms with Crippen molar-refractivity contribution < 1.29 is 8.42 Å². The Bertz CT molecular complexity index is 670. The number of nitrogens with zero attached hydrogens (tertiary/aromatic N) is 2. The first-order chi connectivity index (χ1) is 9.38. The summed E-state index contributed by atoms with van der Waals surface area (Å²) < 4.78 is 26.5. The predicted octanol–water partition coefficient (Wildman–Crippen LogP) is 0.0884. The fourth-order valence-electron chi connectivity index (χ4n) is 2.57. The van der Waals surface area contributed by atoms with Gasteiger partial charge in [-0.2, -0.15) is 4.31 Å². The van der Waals surface area contributed by atoms with Crippen LogP contribution in [0.1, 0.15) is 32.1 Å². The standard InChI is InChI=1S/C12H19N3O4S/c1-20(18,19)15(10-5-3-2-4-6-10)9-14-8-7-11(16)13-12(14)17/h7-8,10H,2-6,9H2,1H3,(H,13,16,17). The topological polar surface area (TPSA) is 92.2 Å². The average Bonchev–Trinajstić information content (AvgIpc) is 2.37. The molecular formula is C12H19N3O4S. The molecule has 2 rings (SSSR count). The van der Waals surface area contributed by atoms with Crippen molar-refractivity contribution in [3.8, 4) is 0 Å². The highest BCUT2D eigenvalue weighted by Gasteiger charge is 2.28. The molecule has 1 aliphatic carbocycles. The molecule has 1 aromatic heterocycles. The molecule has 1 heterocycles. The van der Waals surface area contributed by atoms with Gasteiger partial charge in [0.25, 0.3) is 5.56 Å². The molecule has 0 saturated heterocycles. The summed E-state index contributed by atoms with van der Waals surface area (Å²) in [5.74, 6) is 0. The van der Waals surface area contributed by atoms with E-state index in [1.165, 1.54) is 21.1 Å². The van der Waals surface area contributed by atoms with Crippen LogP contribution in [0.25, 0.3) is 0 Å². The second-order valence-electron chi connectivity index (χ2n) is 5.16. The van der Waals surface area contributed by atoms with Gasteiger partial charge in [-0.15, -0.1) is 0 Å². The van der Waals surface area contributed by atoms with E-state index in [1.54, 1.807) is 0 Å². The summed E-state index contributed by atoms with van der Waals surface area (Å²) in [4.78, 5) is 24.8. The molecule has 20 heavy (non-hydrogen) atoms. The van der Waals surface area contributed by atoms with Gasteiger partial charge >= 0.3 is 5.69 Å². The monoisotopic (exact) mass is 301 g/mol. The van der Waals surface area contributed by atoms with Crippen molar-refractivity contribution in [2.24, 2.45) is 0 Å². The van der Waals surface area contributed by atoms with E-state index in [2.05, 4.69) is 4.98 Å². The summed E-state index contributed by atoms with van der Waals surface area (Å²) in [5.41, 5.74) is -1.09. The smallest absolute Gasteiger partial charge is 0.286 e. The number of H-pyrrole nitrogens is 1. The van der Waals surface area contributed by atoms with E-state index >= 15 is 0 Å². The Morgan fingerprint density at radius 1 is 1.30 bits per heavy atom. The molecule has 0 radical (unpaired) electrons. The predicted molar refractivity (Wildman–Crippen MR) is 74.9 cm³/mol. The number of nitrogens with one attached hydrogen (secondary N) is 1. The van der Waals surface area contributed by atoms with Gasteiger partial charge < -0.3 is 0 Å². The second-order valence-corrected chi connectivity index (χ2v) is 7.10. The number of hydrogen-bond acceptors (Lipinski definition) is 4. The number of aromatic nitrogens is 2. The molecule has 0 aromatic carbocycles. The zero-order valence-electron chi connectivity index (χ0n) is 11.4. The highest BCUT2D eigenvalue weighted by atomic mass is 32.2. The van der Waals surface area contributed by atoms with E-state index in [9.17, 15) is 18.0 Å². The molecule has 0 atom stereocenters. The summed E-state index contributed by atoms with van der Waals surface area (Å²) in [6.45, 7) is -0.0564. The van der Waals surface area contributed by atoms with Gasteiger partial charge in [0.2, 0.25) is 10.0 Å². The van der Waals surface area contributed by atoms with Gasteiger partial charge in [0.05, 0.1) is 12.9 Å². The number of rotatable bonds is 4. The van der Waals surface area contributed by atoms with Crippen molar-refractivity contribution in [1.29, 1.82) is 0 Å². The Balaban J connectivity index is 2.28. The number of aromatic amines is 1. The second kappa shape index (κ2) is 5.92. The molecule has 112 valence electrons. The maximum Gasteiger partial charge on any atom is 0.329 e. The molecule has 0 bridgehead atoms. The summed E-state index contributed by atoms with van der Waals surface area (Å²) >= 11 is 0. The highest BCUT2D eigenvalue weighted by Crippen LogP contribution is 2.24. The van der Waals surface area contributed by atoms with Gasteiger partial charge in [0, 0.05) is 18.3 Å². The minimum absolute atomic E-state index is 0.0564. The van der Waals surface area contributed by atoms with Crippen LogP contribution in [-0.4, -0.2) is 34.6 Å². The molecule has 1 N–H and O–H groups in total. The van der Waals surface area contributed by atoms with Crippen molar-refractivity contribution in [3.05, 3.63) is 33.1 Å². The van der Waals surface area contributed by atoms with Crippen LogP contribution < -0.4 is 11.2 Å². The van der Waals surface area contributed by atoms with Crippen LogP contribution in [0.2, 0.25) is 0 Å². The molecule has 1 saturated carbocycles. The molecule has 1 fully saturated rings. The van der Waals surface area contributed by atoms with Gasteiger partial charge in [-0.25, -0.2) is 13.2 Å². The van der Waals surface area contributed by atoms with Gasteiger partial charge in [-0.05, 0) is 12.8 Å². The van der Waals surface area contributed by atoms with Crippen molar-refractivity contribution in [2.75, 3.05) is 6.26 Å². The molecule has 0 spiro atoms. The maximum absolute atomic E-state index is 12.0. The number of sulfonamides is 1. The van der Waals surface area contributed by atoms with Crippen molar-refractivity contribution in [1.82, 2.24) is 13.9 Å².